The standard InChI is InChI=1S/C23H27NO5/c25-20(17-10-9-15-5-1-2-6-16(15)13-17)14-29-21(26)11-12-24-22(27)18-7-3-4-8-19(18)23(24)28/h9-10,13,18-19H,1-8,11-12,14H2/t18-,19-/m0/s1. The number of hydrogen-bond acceptors (Lipinski definition) is 5. The third kappa shape index (κ3) is 4.11. The quantitative estimate of drug-likeness (QED) is 0.419. The highest BCUT2D eigenvalue weighted by molar-refractivity contribution is 6.05. The highest BCUT2D eigenvalue weighted by atomic mass is 16.5. The number of fused-ring (bicyclic) bond motifs is 2. The monoisotopic (exact) mass is 397 g/mol. The molecule has 2 amide bonds. The first kappa shape index (κ1) is 19.8. The van der Waals surface area contributed by atoms with E-state index >= 15 is 0 Å². The Balaban J connectivity index is 1.26. The number of ether oxygens (including phenoxy) is 1. The number of Topliss-reactive ketones (excluding diaryl/α,β-unsaturated/α-hetero) is 1. The molecule has 29 heavy (non-hydrogen) atoms. The van der Waals surface area contributed by atoms with Gasteiger partial charge in [0.2, 0.25) is 11.8 Å². The third-order valence-corrected chi connectivity index (χ3v) is 6.51. The number of carbonyl (C=O) groups is 4. The van der Waals surface area contributed by atoms with E-state index in [0.717, 1.165) is 44.9 Å². The van der Waals surface area contributed by atoms with Crippen molar-refractivity contribution in [2.75, 3.05) is 13.2 Å². The summed E-state index contributed by atoms with van der Waals surface area (Å²) < 4.78 is 5.11. The normalized spacial score (nSPS) is 23.5. The molecule has 2 atom stereocenters. The fourth-order valence-electron chi connectivity index (χ4n) is 4.86. The molecule has 0 bridgehead atoms. The molecule has 1 aromatic rings. The Morgan fingerprint density at radius 3 is 2.28 bits per heavy atom. The third-order valence-electron chi connectivity index (χ3n) is 6.51. The van der Waals surface area contributed by atoms with Crippen molar-refractivity contribution in [2.45, 2.75) is 57.8 Å². The van der Waals surface area contributed by atoms with E-state index in [-0.39, 0.29) is 49.0 Å². The summed E-state index contributed by atoms with van der Waals surface area (Å²) in [6.45, 7) is -0.276. The Labute approximate surface area is 170 Å². The number of likely N-dealkylation sites (tertiary alicyclic amines) is 1. The molecule has 1 heterocycles. The Bertz CT molecular complexity index is 822. The summed E-state index contributed by atoms with van der Waals surface area (Å²) in [7, 11) is 0. The van der Waals surface area contributed by atoms with Crippen LogP contribution in [-0.4, -0.2) is 41.6 Å². The minimum Gasteiger partial charge on any atom is -0.457 e. The lowest BCUT2D eigenvalue weighted by Gasteiger charge is -2.19. The molecule has 6 heteroatoms. The first-order valence-corrected chi connectivity index (χ1v) is 10.7. The van der Waals surface area contributed by atoms with Crippen molar-refractivity contribution >= 4 is 23.6 Å². The van der Waals surface area contributed by atoms with Gasteiger partial charge in [0.15, 0.2) is 12.4 Å². The van der Waals surface area contributed by atoms with Crippen LogP contribution in [0.1, 0.15) is 66.4 Å². The molecule has 4 rings (SSSR count). The largest absolute Gasteiger partial charge is 0.457 e. The number of nitrogens with zero attached hydrogens (tertiary/aromatic N) is 1. The predicted molar refractivity (Wildman–Crippen MR) is 105 cm³/mol. The van der Waals surface area contributed by atoms with Crippen LogP contribution >= 0.6 is 0 Å². The summed E-state index contributed by atoms with van der Waals surface area (Å²) in [4.78, 5) is 50.5. The van der Waals surface area contributed by atoms with Crippen LogP contribution in [-0.2, 0) is 32.0 Å². The summed E-state index contributed by atoms with van der Waals surface area (Å²) in [5.74, 6) is -1.52. The van der Waals surface area contributed by atoms with Gasteiger partial charge in [-0.15, -0.1) is 0 Å². The van der Waals surface area contributed by atoms with E-state index in [0.29, 0.717) is 5.56 Å². The smallest absolute Gasteiger partial charge is 0.308 e. The molecule has 2 aliphatic carbocycles. The maximum absolute atomic E-state index is 12.4. The minimum atomic E-state index is -0.563. The molecule has 3 aliphatic rings. The molecule has 2 fully saturated rings. The number of benzene rings is 1. The van der Waals surface area contributed by atoms with Gasteiger partial charge >= 0.3 is 5.97 Å². The van der Waals surface area contributed by atoms with Crippen LogP contribution in [0.15, 0.2) is 18.2 Å². The van der Waals surface area contributed by atoms with E-state index in [1.807, 2.05) is 12.1 Å². The zero-order valence-corrected chi connectivity index (χ0v) is 16.7. The second-order valence-electron chi connectivity index (χ2n) is 8.35. The van der Waals surface area contributed by atoms with Gasteiger partial charge in [0, 0.05) is 12.1 Å². The van der Waals surface area contributed by atoms with E-state index in [2.05, 4.69) is 0 Å². The molecule has 0 radical (unpaired) electrons. The summed E-state index contributed by atoms with van der Waals surface area (Å²) in [5, 5.41) is 0. The van der Waals surface area contributed by atoms with E-state index in [1.54, 1.807) is 6.07 Å². The molecule has 154 valence electrons. The Kier molecular flexibility index (Phi) is 5.79. The van der Waals surface area contributed by atoms with Crippen LogP contribution in [0.25, 0.3) is 0 Å². The highest BCUT2D eigenvalue weighted by Gasteiger charge is 2.47. The van der Waals surface area contributed by atoms with Crippen molar-refractivity contribution in [1.82, 2.24) is 4.90 Å². The molecule has 0 spiro atoms. The number of imide groups is 1. The molecule has 0 unspecified atom stereocenters. The lowest BCUT2D eigenvalue weighted by Crippen LogP contribution is -2.33. The first-order valence-electron chi connectivity index (χ1n) is 10.7. The van der Waals surface area contributed by atoms with E-state index in [1.165, 1.54) is 22.4 Å². The van der Waals surface area contributed by atoms with Gasteiger partial charge in [0.25, 0.3) is 0 Å². The summed E-state index contributed by atoms with van der Waals surface area (Å²) in [6, 6.07) is 5.70. The predicted octanol–water partition coefficient (Wildman–Crippen LogP) is 2.86. The maximum Gasteiger partial charge on any atom is 0.308 e. The highest BCUT2D eigenvalue weighted by Crippen LogP contribution is 2.38. The van der Waals surface area contributed by atoms with Crippen molar-refractivity contribution in [3.63, 3.8) is 0 Å². The SMILES string of the molecule is O=C(CCN1C(=O)[C@H]2CCCC[C@@H]2C1=O)OCC(=O)c1ccc2c(c1)CCCC2. The zero-order chi connectivity index (χ0) is 20.4. The number of amides is 2. The maximum atomic E-state index is 12.4. The van der Waals surface area contributed by atoms with Crippen LogP contribution in [0.2, 0.25) is 0 Å². The Morgan fingerprint density at radius 2 is 1.59 bits per heavy atom. The van der Waals surface area contributed by atoms with Gasteiger partial charge in [-0.1, -0.05) is 25.0 Å². The molecule has 1 saturated carbocycles. The zero-order valence-electron chi connectivity index (χ0n) is 16.7. The molecule has 1 saturated heterocycles. The van der Waals surface area contributed by atoms with E-state index in [4.69, 9.17) is 4.74 Å². The van der Waals surface area contributed by atoms with Gasteiger partial charge in [-0.05, 0) is 55.7 Å². The Hall–Kier alpha value is -2.50. The number of esters is 1. The van der Waals surface area contributed by atoms with Gasteiger partial charge in [-0.3, -0.25) is 24.1 Å². The molecular weight excluding hydrogens is 370 g/mol. The summed E-state index contributed by atoms with van der Waals surface area (Å²) in [6.07, 6.45) is 7.73. The molecule has 0 N–H and O–H groups in total. The summed E-state index contributed by atoms with van der Waals surface area (Å²) >= 11 is 0. The van der Waals surface area contributed by atoms with Gasteiger partial charge in [0.05, 0.1) is 18.3 Å². The van der Waals surface area contributed by atoms with Crippen molar-refractivity contribution in [3.8, 4) is 0 Å². The van der Waals surface area contributed by atoms with Crippen LogP contribution in [0, 0.1) is 11.8 Å². The van der Waals surface area contributed by atoms with Gasteiger partial charge in [0.1, 0.15) is 0 Å². The molecule has 1 aromatic carbocycles. The number of rotatable bonds is 6. The summed E-state index contributed by atoms with van der Waals surface area (Å²) in [5.41, 5.74) is 3.07. The lowest BCUT2D eigenvalue weighted by molar-refractivity contribution is -0.145. The fraction of sp³-hybridized carbons (Fsp3) is 0.565. The minimum absolute atomic E-state index is 0.0382. The number of hydrogen-bond donors (Lipinski definition) is 0. The van der Waals surface area contributed by atoms with Crippen molar-refractivity contribution < 1.29 is 23.9 Å². The Morgan fingerprint density at radius 1 is 0.931 bits per heavy atom. The second-order valence-corrected chi connectivity index (χ2v) is 8.35. The van der Waals surface area contributed by atoms with Crippen LogP contribution < -0.4 is 0 Å². The van der Waals surface area contributed by atoms with Crippen LogP contribution in [0.3, 0.4) is 0 Å². The topological polar surface area (TPSA) is 80.8 Å². The molecular formula is C23H27NO5. The average molecular weight is 397 g/mol. The fourth-order valence-corrected chi connectivity index (χ4v) is 4.86. The number of aryl methyl sites for hydroxylation is 2. The van der Waals surface area contributed by atoms with Gasteiger partial charge < -0.3 is 4.74 Å². The average Bonchev–Trinajstić information content (AvgIpc) is 3.00. The number of carbonyl (C=O) groups excluding carboxylic acids is 4. The van der Waals surface area contributed by atoms with Crippen molar-refractivity contribution in [2.24, 2.45) is 11.8 Å². The molecule has 0 aromatic heterocycles. The second kappa shape index (κ2) is 8.47. The van der Waals surface area contributed by atoms with Gasteiger partial charge in [-0.25, -0.2) is 0 Å². The van der Waals surface area contributed by atoms with Crippen LogP contribution in [0.4, 0.5) is 0 Å². The van der Waals surface area contributed by atoms with E-state index in [9.17, 15) is 19.2 Å². The van der Waals surface area contributed by atoms with Crippen molar-refractivity contribution in [1.29, 1.82) is 0 Å². The first-order chi connectivity index (χ1) is 14.0. The van der Waals surface area contributed by atoms with Crippen LogP contribution in [0.5, 0.6) is 0 Å². The number of ketones is 1. The molecule has 6 nitrogen and oxygen atoms in total. The van der Waals surface area contributed by atoms with Crippen molar-refractivity contribution in [3.05, 3.63) is 34.9 Å². The lowest BCUT2D eigenvalue weighted by atomic mass is 9.81. The van der Waals surface area contributed by atoms with E-state index < -0.39 is 5.97 Å². The van der Waals surface area contributed by atoms with Gasteiger partial charge in [-0.2, -0.15) is 0 Å². The molecule has 1 aliphatic heterocycles.